The van der Waals surface area contributed by atoms with E-state index in [1.165, 1.54) is 18.2 Å². The fourth-order valence-corrected chi connectivity index (χ4v) is 3.11. The monoisotopic (exact) mass is 427 g/mol. The molecule has 2 amide bonds. The molecule has 156 valence electrons. The van der Waals surface area contributed by atoms with Gasteiger partial charge in [0.25, 0.3) is 5.91 Å². The van der Waals surface area contributed by atoms with E-state index in [4.69, 9.17) is 27.8 Å². The summed E-state index contributed by atoms with van der Waals surface area (Å²) in [6.07, 6.45) is 0. The molecule has 5 N–H and O–H groups in total. The van der Waals surface area contributed by atoms with Crippen LogP contribution in [0.1, 0.15) is 34.7 Å². The molecule has 0 saturated heterocycles. The number of primary amides is 1. The highest BCUT2D eigenvalue weighted by Crippen LogP contribution is 2.34. The molecule has 3 rings (SSSR count). The largest absolute Gasteiger partial charge is 0.489 e. The van der Waals surface area contributed by atoms with E-state index in [9.17, 15) is 9.59 Å². The number of ether oxygens (including phenoxy) is 1. The summed E-state index contributed by atoms with van der Waals surface area (Å²) in [5.41, 5.74) is 13.6. The van der Waals surface area contributed by atoms with Crippen molar-refractivity contribution in [2.24, 2.45) is 5.73 Å². The molecule has 0 saturated carbocycles. The smallest absolute Gasteiger partial charge is 0.277 e. The number of aryl methyl sites for hydroxylation is 1. The van der Waals surface area contributed by atoms with Crippen LogP contribution in [0, 0.1) is 0 Å². The predicted octanol–water partition coefficient (Wildman–Crippen LogP) is 3.56. The van der Waals surface area contributed by atoms with Crippen molar-refractivity contribution >= 4 is 34.8 Å². The molecule has 0 aliphatic rings. The number of nitrogens with one attached hydrogen (secondary N) is 1. The number of nitrogens with two attached hydrogens (primary N) is 2. The highest BCUT2D eigenvalue weighted by atomic mass is 35.5. The molecule has 0 atom stereocenters. The quantitative estimate of drug-likeness (QED) is 0.497. The maximum Gasteiger partial charge on any atom is 0.277 e. The van der Waals surface area contributed by atoms with Gasteiger partial charge < -0.3 is 21.5 Å². The summed E-state index contributed by atoms with van der Waals surface area (Å²) in [5.74, 6) is -0.673. The van der Waals surface area contributed by atoms with E-state index in [-0.39, 0.29) is 16.9 Å². The zero-order chi connectivity index (χ0) is 21.8. The summed E-state index contributed by atoms with van der Waals surface area (Å²) in [6.45, 7) is 4.51. The summed E-state index contributed by atoms with van der Waals surface area (Å²) in [7, 11) is 0. The van der Waals surface area contributed by atoms with E-state index < -0.39 is 11.8 Å². The van der Waals surface area contributed by atoms with E-state index in [2.05, 4.69) is 10.4 Å². The van der Waals surface area contributed by atoms with Crippen molar-refractivity contribution in [2.45, 2.75) is 20.4 Å². The molecule has 2 aromatic carbocycles. The van der Waals surface area contributed by atoms with Gasteiger partial charge in [-0.3, -0.25) is 14.3 Å². The van der Waals surface area contributed by atoms with Gasteiger partial charge in [0.2, 0.25) is 5.91 Å². The Labute approximate surface area is 178 Å². The Morgan fingerprint density at radius 2 is 1.87 bits per heavy atom. The van der Waals surface area contributed by atoms with Crippen LogP contribution in [0.2, 0.25) is 5.02 Å². The number of anilines is 2. The minimum atomic E-state index is -0.602. The van der Waals surface area contributed by atoms with Crippen LogP contribution in [-0.2, 0) is 6.54 Å². The van der Waals surface area contributed by atoms with Crippen molar-refractivity contribution in [1.82, 2.24) is 9.78 Å². The van der Waals surface area contributed by atoms with Crippen molar-refractivity contribution < 1.29 is 14.3 Å². The van der Waals surface area contributed by atoms with Crippen molar-refractivity contribution in [3.05, 3.63) is 58.7 Å². The first kappa shape index (κ1) is 21.2. The van der Waals surface area contributed by atoms with E-state index in [0.29, 0.717) is 35.3 Å². The molecule has 0 fully saturated rings. The minimum Gasteiger partial charge on any atom is -0.489 e. The first-order valence-corrected chi connectivity index (χ1v) is 9.73. The van der Waals surface area contributed by atoms with Crippen LogP contribution in [0.3, 0.4) is 0 Å². The van der Waals surface area contributed by atoms with Gasteiger partial charge in [-0.15, -0.1) is 0 Å². The molecule has 0 spiro atoms. The number of rotatable bonds is 7. The van der Waals surface area contributed by atoms with Crippen molar-refractivity contribution in [3.8, 4) is 17.0 Å². The van der Waals surface area contributed by atoms with Crippen LogP contribution in [0.25, 0.3) is 11.3 Å². The van der Waals surface area contributed by atoms with E-state index in [1.54, 1.807) is 16.8 Å². The molecular formula is C21H22ClN5O3. The Hall–Kier alpha value is -3.52. The Bertz CT molecular complexity index is 1090. The third kappa shape index (κ3) is 4.23. The molecule has 30 heavy (non-hydrogen) atoms. The molecule has 0 unspecified atom stereocenters. The number of carbonyl (C=O) groups is 2. The Balaban J connectivity index is 2.02. The lowest BCUT2D eigenvalue weighted by molar-refractivity contribution is 0.0996. The average molecular weight is 428 g/mol. The Morgan fingerprint density at radius 3 is 2.43 bits per heavy atom. The number of hydrogen-bond acceptors (Lipinski definition) is 5. The molecule has 0 aliphatic heterocycles. The summed E-state index contributed by atoms with van der Waals surface area (Å²) in [4.78, 5) is 24.4. The summed E-state index contributed by atoms with van der Waals surface area (Å²) >= 11 is 5.99. The van der Waals surface area contributed by atoms with E-state index in [0.717, 1.165) is 5.56 Å². The molecule has 9 heteroatoms. The van der Waals surface area contributed by atoms with Gasteiger partial charge >= 0.3 is 0 Å². The number of halogens is 1. The Kier molecular flexibility index (Phi) is 6.27. The summed E-state index contributed by atoms with van der Waals surface area (Å²) in [6, 6.07) is 11.6. The summed E-state index contributed by atoms with van der Waals surface area (Å²) in [5, 5.41) is 7.92. The lowest BCUT2D eigenvalue weighted by Crippen LogP contribution is -2.19. The normalized spacial score (nSPS) is 10.6. The minimum absolute atomic E-state index is 0.220. The van der Waals surface area contributed by atoms with E-state index in [1.807, 2.05) is 26.0 Å². The number of hydrogen-bond donors (Lipinski definition) is 3. The fraction of sp³-hybridized carbons (Fsp3) is 0.190. The van der Waals surface area contributed by atoms with Gasteiger partial charge in [0.05, 0.1) is 18.0 Å². The summed E-state index contributed by atoms with van der Waals surface area (Å²) < 4.78 is 7.37. The molecule has 0 aliphatic carbocycles. The number of amides is 2. The second kappa shape index (κ2) is 8.87. The van der Waals surface area contributed by atoms with Gasteiger partial charge in [-0.1, -0.05) is 23.7 Å². The lowest BCUT2D eigenvalue weighted by Gasteiger charge is -2.12. The SMILES string of the molecule is CCOc1c(-c2ccc(Cl)cc2)nn(CC)c1C(=O)Nc1ccc(C(N)=O)cc1N. The Morgan fingerprint density at radius 1 is 1.17 bits per heavy atom. The van der Waals surface area contributed by atoms with Gasteiger partial charge in [-0.25, -0.2) is 0 Å². The second-order valence-electron chi connectivity index (χ2n) is 6.40. The highest BCUT2D eigenvalue weighted by molar-refractivity contribution is 6.30. The van der Waals surface area contributed by atoms with Gasteiger partial charge in [0, 0.05) is 22.7 Å². The number of benzene rings is 2. The predicted molar refractivity (Wildman–Crippen MR) is 117 cm³/mol. The van der Waals surface area contributed by atoms with Crippen molar-refractivity contribution in [2.75, 3.05) is 17.7 Å². The van der Waals surface area contributed by atoms with Crippen LogP contribution >= 0.6 is 11.6 Å². The average Bonchev–Trinajstić information content (AvgIpc) is 3.08. The fourth-order valence-electron chi connectivity index (χ4n) is 2.98. The zero-order valence-electron chi connectivity index (χ0n) is 16.6. The van der Waals surface area contributed by atoms with Gasteiger partial charge in [0.15, 0.2) is 11.4 Å². The van der Waals surface area contributed by atoms with E-state index >= 15 is 0 Å². The maximum atomic E-state index is 13.1. The van der Waals surface area contributed by atoms with Crippen LogP contribution < -0.4 is 21.5 Å². The zero-order valence-corrected chi connectivity index (χ0v) is 17.4. The van der Waals surface area contributed by atoms with Crippen molar-refractivity contribution in [1.29, 1.82) is 0 Å². The van der Waals surface area contributed by atoms with Crippen LogP contribution in [0.5, 0.6) is 5.75 Å². The number of aromatic nitrogens is 2. The van der Waals surface area contributed by atoms with Crippen LogP contribution in [-0.4, -0.2) is 28.2 Å². The maximum absolute atomic E-state index is 13.1. The van der Waals surface area contributed by atoms with Gasteiger partial charge in [-0.2, -0.15) is 5.10 Å². The first-order chi connectivity index (χ1) is 14.3. The number of carbonyl (C=O) groups excluding carboxylic acids is 2. The topological polar surface area (TPSA) is 125 Å². The standard InChI is InChI=1S/C21H22ClN5O3/c1-3-27-18(21(29)25-16-10-7-13(20(24)28)11-15(16)23)19(30-4-2)17(26-27)12-5-8-14(22)9-6-12/h5-11H,3-4,23H2,1-2H3,(H2,24,28)(H,25,29). The molecule has 1 aromatic heterocycles. The third-order valence-corrected chi connectivity index (χ3v) is 4.67. The highest BCUT2D eigenvalue weighted by Gasteiger charge is 2.26. The van der Waals surface area contributed by atoms with Gasteiger partial charge in [-0.05, 0) is 44.2 Å². The van der Waals surface area contributed by atoms with Crippen LogP contribution in [0.4, 0.5) is 11.4 Å². The molecule has 3 aromatic rings. The van der Waals surface area contributed by atoms with Crippen molar-refractivity contribution in [3.63, 3.8) is 0 Å². The first-order valence-electron chi connectivity index (χ1n) is 9.35. The number of nitrogens with zero attached hydrogens (tertiary/aromatic N) is 2. The second-order valence-corrected chi connectivity index (χ2v) is 6.84. The molecule has 0 radical (unpaired) electrons. The van der Waals surface area contributed by atoms with Crippen LogP contribution in [0.15, 0.2) is 42.5 Å². The molecule has 0 bridgehead atoms. The molecule has 1 heterocycles. The third-order valence-electron chi connectivity index (χ3n) is 4.41. The molecular weight excluding hydrogens is 406 g/mol. The molecule has 8 nitrogen and oxygen atoms in total. The lowest BCUT2D eigenvalue weighted by atomic mass is 10.1. The van der Waals surface area contributed by atoms with Gasteiger partial charge in [0.1, 0.15) is 5.69 Å². The number of nitrogen functional groups attached to an aromatic ring is 1.